The Bertz CT molecular complexity index is 1540. The largest absolute Gasteiger partial charge is 0.416 e. The summed E-state index contributed by atoms with van der Waals surface area (Å²) < 4.78 is 43.5. The second-order valence-electron chi connectivity index (χ2n) is 8.03. The lowest BCUT2D eigenvalue weighted by Gasteiger charge is -2.12. The van der Waals surface area contributed by atoms with Crippen molar-refractivity contribution in [1.29, 1.82) is 5.26 Å². The molecule has 0 aliphatic carbocycles. The zero-order valence-corrected chi connectivity index (χ0v) is 19.5. The Kier molecular flexibility index (Phi) is 6.99. The SMILES string of the molecule is Cc1c(-c2ccnn2-c2ccc(C#N)cc2)n(C(=O)NCCCO)c(=O)n1-c1cccc(C(F)(F)F)c1. The number of aliphatic hydroxyl groups is 1. The first-order valence-corrected chi connectivity index (χ1v) is 11.1. The number of aromatic nitrogens is 4. The van der Waals surface area contributed by atoms with E-state index in [2.05, 4.69) is 10.4 Å². The number of nitrogens with one attached hydrogen (secondary N) is 1. The zero-order valence-electron chi connectivity index (χ0n) is 19.5. The molecule has 0 saturated carbocycles. The molecule has 4 aromatic rings. The van der Waals surface area contributed by atoms with Gasteiger partial charge in [-0.3, -0.25) is 4.57 Å². The zero-order chi connectivity index (χ0) is 26.7. The highest BCUT2D eigenvalue weighted by Gasteiger charge is 2.32. The van der Waals surface area contributed by atoms with Gasteiger partial charge in [-0.2, -0.15) is 23.5 Å². The molecule has 2 aromatic heterocycles. The molecule has 0 bridgehead atoms. The van der Waals surface area contributed by atoms with Crippen molar-refractivity contribution < 1.29 is 23.1 Å². The van der Waals surface area contributed by atoms with E-state index in [4.69, 9.17) is 10.4 Å². The van der Waals surface area contributed by atoms with Crippen LogP contribution in [-0.4, -0.2) is 43.2 Å². The van der Waals surface area contributed by atoms with E-state index < -0.39 is 23.5 Å². The van der Waals surface area contributed by atoms with Crippen molar-refractivity contribution in [2.24, 2.45) is 0 Å². The maximum Gasteiger partial charge on any atom is 0.416 e. The summed E-state index contributed by atoms with van der Waals surface area (Å²) in [6.07, 6.45) is -2.94. The Hall–Kier alpha value is -4.63. The third kappa shape index (κ3) is 4.89. The van der Waals surface area contributed by atoms with Gasteiger partial charge in [-0.05, 0) is 61.9 Å². The fourth-order valence-electron chi connectivity index (χ4n) is 3.94. The van der Waals surface area contributed by atoms with Gasteiger partial charge in [0.2, 0.25) is 0 Å². The first kappa shape index (κ1) is 25.5. The van der Waals surface area contributed by atoms with E-state index in [0.29, 0.717) is 16.9 Å². The monoisotopic (exact) mass is 510 g/mol. The summed E-state index contributed by atoms with van der Waals surface area (Å²) in [6.45, 7) is 1.41. The van der Waals surface area contributed by atoms with Crippen LogP contribution in [0.5, 0.6) is 0 Å². The summed E-state index contributed by atoms with van der Waals surface area (Å²) in [5, 5.41) is 25.0. The number of amides is 1. The van der Waals surface area contributed by atoms with E-state index in [-0.39, 0.29) is 36.6 Å². The van der Waals surface area contributed by atoms with Gasteiger partial charge in [0.1, 0.15) is 5.69 Å². The van der Waals surface area contributed by atoms with Crippen LogP contribution in [0.4, 0.5) is 18.0 Å². The highest BCUT2D eigenvalue weighted by molar-refractivity contribution is 5.83. The summed E-state index contributed by atoms with van der Waals surface area (Å²) in [5.74, 6) is 0. The Balaban J connectivity index is 1.94. The number of aliphatic hydroxyl groups excluding tert-OH is 1. The van der Waals surface area contributed by atoms with Gasteiger partial charge in [0.05, 0.1) is 46.2 Å². The Labute approximate surface area is 208 Å². The first-order valence-electron chi connectivity index (χ1n) is 11.1. The predicted octanol–water partition coefficient (Wildman–Crippen LogP) is 3.63. The van der Waals surface area contributed by atoms with Gasteiger partial charge in [-0.25, -0.2) is 18.8 Å². The summed E-state index contributed by atoms with van der Waals surface area (Å²) in [4.78, 5) is 26.7. The second kappa shape index (κ2) is 10.2. The first-order chi connectivity index (χ1) is 17.7. The van der Waals surface area contributed by atoms with Crippen LogP contribution in [0.1, 0.15) is 23.2 Å². The van der Waals surface area contributed by atoms with E-state index in [1.54, 1.807) is 30.3 Å². The molecular formula is C25H21F3N6O3. The van der Waals surface area contributed by atoms with E-state index in [1.807, 2.05) is 6.07 Å². The topological polar surface area (TPSA) is 118 Å². The molecule has 0 unspecified atom stereocenters. The van der Waals surface area contributed by atoms with Crippen LogP contribution in [0.2, 0.25) is 0 Å². The number of hydrogen-bond donors (Lipinski definition) is 2. The van der Waals surface area contributed by atoms with Crippen molar-refractivity contribution >= 4 is 6.03 Å². The van der Waals surface area contributed by atoms with Crippen LogP contribution in [-0.2, 0) is 6.18 Å². The van der Waals surface area contributed by atoms with Crippen molar-refractivity contribution in [3.05, 3.63) is 88.1 Å². The van der Waals surface area contributed by atoms with Gasteiger partial charge in [0.15, 0.2) is 0 Å². The third-order valence-corrected chi connectivity index (χ3v) is 5.66. The number of imidazole rings is 1. The standard InChI is InChI=1S/C25H21F3N6O3/c1-16-22(21-10-12-31-34(21)19-8-6-17(15-29)7-9-19)33(23(36)30-11-3-13-35)24(37)32(16)20-5-2-4-18(14-20)25(26,27)28/h2,4-10,12,14,35H,3,11,13H2,1H3,(H,30,36). The number of benzene rings is 2. The number of carbonyl (C=O) groups is 1. The van der Waals surface area contributed by atoms with E-state index in [0.717, 1.165) is 21.3 Å². The summed E-state index contributed by atoms with van der Waals surface area (Å²) in [5.41, 5.74) is -0.286. The number of rotatable bonds is 6. The molecular weight excluding hydrogens is 489 g/mol. The van der Waals surface area contributed by atoms with Crippen LogP contribution in [0.25, 0.3) is 22.8 Å². The molecule has 190 valence electrons. The van der Waals surface area contributed by atoms with Crippen LogP contribution in [0.3, 0.4) is 0 Å². The molecule has 2 aromatic carbocycles. The van der Waals surface area contributed by atoms with Crippen molar-refractivity contribution in [1.82, 2.24) is 24.2 Å². The molecule has 0 radical (unpaired) electrons. The minimum atomic E-state index is -4.63. The van der Waals surface area contributed by atoms with Crippen molar-refractivity contribution in [2.75, 3.05) is 13.2 Å². The third-order valence-electron chi connectivity index (χ3n) is 5.66. The van der Waals surface area contributed by atoms with Gasteiger partial charge >= 0.3 is 17.9 Å². The Morgan fingerprint density at radius 3 is 2.51 bits per heavy atom. The average molecular weight is 510 g/mol. The summed E-state index contributed by atoms with van der Waals surface area (Å²) in [7, 11) is 0. The number of alkyl halides is 3. The fourth-order valence-corrected chi connectivity index (χ4v) is 3.94. The predicted molar refractivity (Wildman–Crippen MR) is 128 cm³/mol. The molecule has 0 saturated heterocycles. The second-order valence-corrected chi connectivity index (χ2v) is 8.03. The van der Waals surface area contributed by atoms with Crippen molar-refractivity contribution in [2.45, 2.75) is 19.5 Å². The molecule has 2 N–H and O–H groups in total. The van der Waals surface area contributed by atoms with Crippen LogP contribution in [0, 0.1) is 18.3 Å². The van der Waals surface area contributed by atoms with Crippen LogP contribution >= 0.6 is 0 Å². The smallest absolute Gasteiger partial charge is 0.396 e. The number of halogens is 3. The Morgan fingerprint density at radius 2 is 1.86 bits per heavy atom. The number of hydrogen-bond acceptors (Lipinski definition) is 5. The maximum absolute atomic E-state index is 13.5. The highest BCUT2D eigenvalue weighted by Crippen LogP contribution is 2.32. The highest BCUT2D eigenvalue weighted by atomic mass is 19.4. The lowest BCUT2D eigenvalue weighted by atomic mass is 10.2. The summed E-state index contributed by atoms with van der Waals surface area (Å²) in [6, 6.07) is 13.5. The normalized spacial score (nSPS) is 11.4. The number of nitriles is 1. The lowest BCUT2D eigenvalue weighted by molar-refractivity contribution is -0.137. The van der Waals surface area contributed by atoms with E-state index in [1.165, 1.54) is 29.9 Å². The molecule has 1 amide bonds. The van der Waals surface area contributed by atoms with Gasteiger partial charge in [-0.1, -0.05) is 6.07 Å². The van der Waals surface area contributed by atoms with Gasteiger partial charge in [0, 0.05) is 13.2 Å². The Morgan fingerprint density at radius 1 is 1.14 bits per heavy atom. The number of carbonyl (C=O) groups excluding carboxylic acids is 1. The molecule has 12 heteroatoms. The minimum Gasteiger partial charge on any atom is -0.396 e. The van der Waals surface area contributed by atoms with Gasteiger partial charge in [0.25, 0.3) is 0 Å². The molecule has 4 rings (SSSR count). The fraction of sp³-hybridized carbons (Fsp3) is 0.200. The molecule has 0 atom stereocenters. The lowest BCUT2D eigenvalue weighted by Crippen LogP contribution is -2.38. The van der Waals surface area contributed by atoms with Crippen molar-refractivity contribution in [3.8, 4) is 28.8 Å². The van der Waals surface area contributed by atoms with E-state index in [9.17, 15) is 22.8 Å². The van der Waals surface area contributed by atoms with Crippen LogP contribution in [0.15, 0.2) is 65.6 Å². The molecule has 2 heterocycles. The maximum atomic E-state index is 13.5. The molecule has 0 fully saturated rings. The molecule has 0 aliphatic heterocycles. The molecule has 37 heavy (non-hydrogen) atoms. The minimum absolute atomic E-state index is 0.0649. The molecule has 0 aliphatic rings. The van der Waals surface area contributed by atoms with Crippen molar-refractivity contribution in [3.63, 3.8) is 0 Å². The van der Waals surface area contributed by atoms with E-state index >= 15 is 0 Å². The average Bonchev–Trinajstić information content (AvgIpc) is 3.45. The molecule has 9 nitrogen and oxygen atoms in total. The quantitative estimate of drug-likeness (QED) is 0.384. The summed E-state index contributed by atoms with van der Waals surface area (Å²) >= 11 is 0. The van der Waals surface area contributed by atoms with Gasteiger partial charge < -0.3 is 10.4 Å². The molecule has 0 spiro atoms. The number of nitrogens with zero attached hydrogens (tertiary/aromatic N) is 5. The van der Waals surface area contributed by atoms with Crippen LogP contribution < -0.4 is 11.0 Å². The van der Waals surface area contributed by atoms with Gasteiger partial charge in [-0.15, -0.1) is 0 Å².